The van der Waals surface area contributed by atoms with Gasteiger partial charge in [0.05, 0.1) is 24.7 Å². The first kappa shape index (κ1) is 21.2. The molecule has 2 rings (SSSR count). The number of carbonyl (C=O) groups is 2. The van der Waals surface area contributed by atoms with Crippen LogP contribution in [0.5, 0.6) is 0 Å². The number of aryl methyl sites for hydroxylation is 2. The lowest BCUT2D eigenvalue weighted by Crippen LogP contribution is -2.23. The predicted molar refractivity (Wildman–Crippen MR) is 107 cm³/mol. The Morgan fingerprint density at radius 3 is 2.50 bits per heavy atom. The summed E-state index contributed by atoms with van der Waals surface area (Å²) in [5, 5.41) is 16.1. The average Bonchev–Trinajstić information content (AvgIpc) is 2.95. The number of carbonyl (C=O) groups excluding carboxylic acids is 2. The van der Waals surface area contributed by atoms with E-state index >= 15 is 0 Å². The number of nitrogens with one attached hydrogen (secondary N) is 1. The van der Waals surface area contributed by atoms with E-state index in [1.165, 1.54) is 4.90 Å². The Kier molecular flexibility index (Phi) is 7.33. The van der Waals surface area contributed by atoms with Crippen molar-refractivity contribution in [1.82, 2.24) is 20.0 Å². The van der Waals surface area contributed by atoms with Gasteiger partial charge in [0, 0.05) is 38.3 Å². The highest BCUT2D eigenvalue weighted by Crippen LogP contribution is 2.15. The summed E-state index contributed by atoms with van der Waals surface area (Å²) in [5.41, 5.74) is 4.56. The number of rotatable bonds is 8. The smallest absolute Gasteiger partial charge is 0.253 e. The Hall–Kier alpha value is -3.14. The lowest BCUT2D eigenvalue weighted by molar-refractivity contribution is -0.121. The molecule has 0 bridgehead atoms. The summed E-state index contributed by atoms with van der Waals surface area (Å²) >= 11 is 0. The van der Waals surface area contributed by atoms with Gasteiger partial charge in [-0.15, -0.1) is 0 Å². The van der Waals surface area contributed by atoms with Crippen LogP contribution in [0.25, 0.3) is 0 Å². The average molecular weight is 381 g/mol. The van der Waals surface area contributed by atoms with Crippen molar-refractivity contribution in [1.29, 1.82) is 5.26 Å². The number of hydrogen-bond donors (Lipinski definition) is 1. The number of aromatic nitrogens is 2. The zero-order valence-corrected chi connectivity index (χ0v) is 17.0. The van der Waals surface area contributed by atoms with E-state index in [1.807, 2.05) is 30.7 Å². The Labute approximate surface area is 166 Å². The molecular weight excluding hydrogens is 354 g/mol. The van der Waals surface area contributed by atoms with Gasteiger partial charge in [-0.05, 0) is 43.5 Å². The van der Waals surface area contributed by atoms with Gasteiger partial charge in [-0.3, -0.25) is 14.3 Å². The Balaban J connectivity index is 1.86. The van der Waals surface area contributed by atoms with Gasteiger partial charge in [0.2, 0.25) is 5.91 Å². The van der Waals surface area contributed by atoms with E-state index in [-0.39, 0.29) is 11.8 Å². The molecule has 2 aromatic rings. The standard InChI is InChI=1S/C21H27N5O2/c1-15-19(16(2)26(24-15)13-5-12-22)10-11-20(27)23-14-17-6-8-18(9-7-17)21(28)25(3)4/h6-9H,5,10-11,13-14H2,1-4H3,(H,23,27). The van der Waals surface area contributed by atoms with Crippen molar-refractivity contribution >= 4 is 11.8 Å². The maximum atomic E-state index is 12.2. The molecular formula is C21H27N5O2. The molecule has 28 heavy (non-hydrogen) atoms. The maximum absolute atomic E-state index is 12.2. The molecule has 0 radical (unpaired) electrons. The first-order valence-corrected chi connectivity index (χ1v) is 9.30. The molecule has 0 aliphatic rings. The second-order valence-electron chi connectivity index (χ2n) is 6.95. The summed E-state index contributed by atoms with van der Waals surface area (Å²) in [6, 6.07) is 9.37. The zero-order valence-electron chi connectivity index (χ0n) is 17.0. The molecule has 7 heteroatoms. The van der Waals surface area contributed by atoms with Crippen molar-refractivity contribution in [3.8, 4) is 6.07 Å². The quantitative estimate of drug-likeness (QED) is 0.760. The zero-order chi connectivity index (χ0) is 20.7. The molecule has 0 aliphatic heterocycles. The Bertz CT molecular complexity index is 875. The molecule has 0 atom stereocenters. The van der Waals surface area contributed by atoms with Crippen LogP contribution in [-0.2, 0) is 24.3 Å². The van der Waals surface area contributed by atoms with Gasteiger partial charge in [0.1, 0.15) is 0 Å². The largest absolute Gasteiger partial charge is 0.352 e. The second kappa shape index (κ2) is 9.70. The van der Waals surface area contributed by atoms with Crippen LogP contribution in [-0.4, -0.2) is 40.6 Å². The monoisotopic (exact) mass is 381 g/mol. The van der Waals surface area contributed by atoms with Crippen molar-refractivity contribution in [3.05, 3.63) is 52.3 Å². The molecule has 0 aliphatic carbocycles. The Morgan fingerprint density at radius 2 is 1.89 bits per heavy atom. The second-order valence-corrected chi connectivity index (χ2v) is 6.95. The van der Waals surface area contributed by atoms with Crippen LogP contribution in [0.1, 0.15) is 45.7 Å². The third-order valence-electron chi connectivity index (χ3n) is 4.67. The van der Waals surface area contributed by atoms with Gasteiger partial charge in [-0.1, -0.05) is 12.1 Å². The minimum atomic E-state index is -0.0448. The van der Waals surface area contributed by atoms with E-state index in [9.17, 15) is 9.59 Å². The number of nitriles is 1. The fourth-order valence-electron chi connectivity index (χ4n) is 3.02. The number of amides is 2. The molecule has 1 N–H and O–H groups in total. The molecule has 0 saturated heterocycles. The van der Waals surface area contributed by atoms with E-state index in [2.05, 4.69) is 16.5 Å². The lowest BCUT2D eigenvalue weighted by Gasteiger charge is -2.11. The number of nitrogens with zero attached hydrogens (tertiary/aromatic N) is 4. The fourth-order valence-corrected chi connectivity index (χ4v) is 3.02. The van der Waals surface area contributed by atoms with E-state index in [0.717, 1.165) is 22.5 Å². The van der Waals surface area contributed by atoms with Crippen molar-refractivity contribution in [2.45, 2.75) is 46.2 Å². The lowest BCUT2D eigenvalue weighted by atomic mass is 10.1. The highest BCUT2D eigenvalue weighted by Gasteiger charge is 2.13. The highest BCUT2D eigenvalue weighted by molar-refractivity contribution is 5.93. The van der Waals surface area contributed by atoms with Crippen LogP contribution >= 0.6 is 0 Å². The Morgan fingerprint density at radius 1 is 1.21 bits per heavy atom. The SMILES string of the molecule is Cc1nn(CCC#N)c(C)c1CCC(=O)NCc1ccc(C(=O)N(C)C)cc1. The van der Waals surface area contributed by atoms with Crippen LogP contribution in [0.3, 0.4) is 0 Å². The molecule has 0 unspecified atom stereocenters. The minimum Gasteiger partial charge on any atom is -0.352 e. The summed E-state index contributed by atoms with van der Waals surface area (Å²) < 4.78 is 1.84. The summed E-state index contributed by atoms with van der Waals surface area (Å²) in [5.74, 6) is -0.0753. The number of benzene rings is 1. The summed E-state index contributed by atoms with van der Waals surface area (Å²) in [4.78, 5) is 25.6. The van der Waals surface area contributed by atoms with Gasteiger partial charge >= 0.3 is 0 Å². The molecule has 0 spiro atoms. The van der Waals surface area contributed by atoms with Crippen LogP contribution < -0.4 is 5.32 Å². The molecule has 7 nitrogen and oxygen atoms in total. The van der Waals surface area contributed by atoms with Crippen LogP contribution in [0.2, 0.25) is 0 Å². The van der Waals surface area contributed by atoms with Gasteiger partial charge < -0.3 is 10.2 Å². The molecule has 1 aromatic heterocycles. The van der Waals surface area contributed by atoms with E-state index in [0.29, 0.717) is 37.9 Å². The van der Waals surface area contributed by atoms with Gasteiger partial charge in [0.15, 0.2) is 0 Å². The van der Waals surface area contributed by atoms with E-state index in [1.54, 1.807) is 26.2 Å². The van der Waals surface area contributed by atoms with Gasteiger partial charge in [-0.25, -0.2) is 0 Å². The van der Waals surface area contributed by atoms with E-state index < -0.39 is 0 Å². The third-order valence-corrected chi connectivity index (χ3v) is 4.67. The molecule has 2 amide bonds. The first-order chi connectivity index (χ1) is 13.3. The number of hydrogen-bond acceptors (Lipinski definition) is 4. The summed E-state index contributed by atoms with van der Waals surface area (Å²) in [7, 11) is 3.43. The summed E-state index contributed by atoms with van der Waals surface area (Å²) in [6.07, 6.45) is 1.41. The van der Waals surface area contributed by atoms with Crippen molar-refractivity contribution < 1.29 is 9.59 Å². The molecule has 0 saturated carbocycles. The van der Waals surface area contributed by atoms with Crippen LogP contribution in [0.15, 0.2) is 24.3 Å². The van der Waals surface area contributed by atoms with Crippen molar-refractivity contribution in [3.63, 3.8) is 0 Å². The van der Waals surface area contributed by atoms with Gasteiger partial charge in [0.25, 0.3) is 5.91 Å². The van der Waals surface area contributed by atoms with Crippen molar-refractivity contribution in [2.24, 2.45) is 0 Å². The highest BCUT2D eigenvalue weighted by atomic mass is 16.2. The predicted octanol–water partition coefficient (Wildman–Crippen LogP) is 2.36. The normalized spacial score (nSPS) is 10.4. The summed E-state index contributed by atoms with van der Waals surface area (Å²) in [6.45, 7) is 4.90. The van der Waals surface area contributed by atoms with Crippen LogP contribution in [0, 0.1) is 25.2 Å². The molecule has 148 valence electrons. The fraction of sp³-hybridized carbons (Fsp3) is 0.429. The molecule has 1 aromatic carbocycles. The van der Waals surface area contributed by atoms with Crippen molar-refractivity contribution in [2.75, 3.05) is 14.1 Å². The third kappa shape index (κ3) is 5.43. The first-order valence-electron chi connectivity index (χ1n) is 9.30. The topological polar surface area (TPSA) is 91.0 Å². The maximum Gasteiger partial charge on any atom is 0.253 e. The van der Waals surface area contributed by atoms with Crippen LogP contribution in [0.4, 0.5) is 0 Å². The minimum absolute atomic E-state index is 0.0305. The van der Waals surface area contributed by atoms with Gasteiger partial charge in [-0.2, -0.15) is 10.4 Å². The molecule has 0 fully saturated rings. The van der Waals surface area contributed by atoms with E-state index in [4.69, 9.17) is 5.26 Å². The molecule has 1 heterocycles.